The summed E-state index contributed by atoms with van der Waals surface area (Å²) in [5.74, 6) is -0.385. The van der Waals surface area contributed by atoms with E-state index in [1.54, 1.807) is 33.9 Å². The highest BCUT2D eigenvalue weighted by Gasteiger charge is 2.16. The zero-order valence-corrected chi connectivity index (χ0v) is 12.2. The Hall–Kier alpha value is -2.12. The number of rotatable bonds is 5. The van der Waals surface area contributed by atoms with E-state index in [9.17, 15) is 9.59 Å². The number of ether oxygens (including phenoxy) is 2. The molecule has 0 aliphatic carbocycles. The Morgan fingerprint density at radius 2 is 2.10 bits per heavy atom. The fraction of sp³-hybridized carbons (Fsp3) is 0.667. The molecule has 0 aliphatic rings. The van der Waals surface area contributed by atoms with E-state index in [1.165, 1.54) is 4.68 Å². The predicted molar refractivity (Wildman–Crippen MR) is 69.7 cm³/mol. The van der Waals surface area contributed by atoms with Crippen LogP contribution in [0.15, 0.2) is 6.20 Å². The highest BCUT2D eigenvalue weighted by atomic mass is 16.6. The normalized spacial score (nSPS) is 11.0. The molecule has 8 nitrogen and oxygen atoms in total. The minimum absolute atomic E-state index is 0.00667. The van der Waals surface area contributed by atoms with Crippen LogP contribution in [0.3, 0.4) is 0 Å². The maximum absolute atomic E-state index is 11.4. The number of alkyl carbamates (subject to hydrolysis) is 1. The molecule has 0 radical (unpaired) electrons. The summed E-state index contributed by atoms with van der Waals surface area (Å²) in [6, 6.07) is 0. The molecule has 0 atom stereocenters. The number of hydrogen-bond donors (Lipinski definition) is 1. The summed E-state index contributed by atoms with van der Waals surface area (Å²) >= 11 is 0. The van der Waals surface area contributed by atoms with Gasteiger partial charge < -0.3 is 14.8 Å². The van der Waals surface area contributed by atoms with Gasteiger partial charge in [-0.3, -0.25) is 4.79 Å². The predicted octanol–water partition coefficient (Wildman–Crippen LogP) is 0.866. The van der Waals surface area contributed by atoms with Crippen molar-refractivity contribution in [3.63, 3.8) is 0 Å². The number of carbonyl (C=O) groups is 2. The monoisotopic (exact) mass is 284 g/mol. The molecule has 0 saturated heterocycles. The second-order valence-electron chi connectivity index (χ2n) is 5.07. The van der Waals surface area contributed by atoms with Crippen LogP contribution in [0.2, 0.25) is 0 Å². The maximum Gasteiger partial charge on any atom is 0.407 e. The Kier molecular flexibility index (Phi) is 5.48. The van der Waals surface area contributed by atoms with E-state index in [0.717, 1.165) is 0 Å². The standard InChI is InChI=1S/C12H20N4O4/c1-5-19-10(17)8-16-7-9(14-15-16)6-13-11(18)20-12(2,3)4/h7H,5-6,8H2,1-4H3,(H,13,18). The smallest absolute Gasteiger partial charge is 0.407 e. The van der Waals surface area contributed by atoms with Crippen LogP contribution in [-0.2, 0) is 27.4 Å². The fourth-order valence-electron chi connectivity index (χ4n) is 1.31. The maximum atomic E-state index is 11.4. The lowest BCUT2D eigenvalue weighted by Crippen LogP contribution is -2.32. The number of amides is 1. The molecule has 1 aromatic rings. The van der Waals surface area contributed by atoms with Crippen molar-refractivity contribution in [3.8, 4) is 0 Å². The minimum atomic E-state index is -0.550. The van der Waals surface area contributed by atoms with Gasteiger partial charge in [0.15, 0.2) is 0 Å². The van der Waals surface area contributed by atoms with Gasteiger partial charge in [0.05, 0.1) is 19.3 Å². The molecular weight excluding hydrogens is 264 g/mol. The van der Waals surface area contributed by atoms with Crippen LogP contribution in [0.5, 0.6) is 0 Å². The van der Waals surface area contributed by atoms with Crippen molar-refractivity contribution >= 4 is 12.1 Å². The Balaban J connectivity index is 2.41. The zero-order chi connectivity index (χ0) is 15.2. The first kappa shape index (κ1) is 15.9. The summed E-state index contributed by atoms with van der Waals surface area (Å²) in [5.41, 5.74) is -0.0221. The largest absolute Gasteiger partial charge is 0.465 e. The van der Waals surface area contributed by atoms with Gasteiger partial charge in [-0.15, -0.1) is 5.10 Å². The third-order valence-electron chi connectivity index (χ3n) is 2.00. The molecule has 112 valence electrons. The molecule has 1 amide bonds. The van der Waals surface area contributed by atoms with E-state index >= 15 is 0 Å². The summed E-state index contributed by atoms with van der Waals surface area (Å²) < 4.78 is 11.2. The van der Waals surface area contributed by atoms with Crippen molar-refractivity contribution in [1.29, 1.82) is 0 Å². The number of hydrogen-bond acceptors (Lipinski definition) is 6. The fourth-order valence-corrected chi connectivity index (χ4v) is 1.31. The molecule has 1 heterocycles. The van der Waals surface area contributed by atoms with Gasteiger partial charge in [0.1, 0.15) is 17.8 Å². The van der Waals surface area contributed by atoms with Crippen LogP contribution in [0.4, 0.5) is 4.79 Å². The summed E-state index contributed by atoms with van der Waals surface area (Å²) in [4.78, 5) is 22.7. The first-order valence-corrected chi connectivity index (χ1v) is 6.31. The molecule has 0 unspecified atom stereocenters. The molecule has 1 rings (SSSR count). The third kappa shape index (κ3) is 6.17. The average Bonchev–Trinajstić information content (AvgIpc) is 2.72. The average molecular weight is 284 g/mol. The molecule has 0 spiro atoms. The molecule has 0 fully saturated rings. The summed E-state index contributed by atoms with van der Waals surface area (Å²) in [6.45, 7) is 7.56. The summed E-state index contributed by atoms with van der Waals surface area (Å²) in [7, 11) is 0. The van der Waals surface area contributed by atoms with Crippen LogP contribution < -0.4 is 5.32 Å². The lowest BCUT2D eigenvalue weighted by atomic mass is 10.2. The van der Waals surface area contributed by atoms with Gasteiger partial charge in [0.2, 0.25) is 0 Å². The Morgan fingerprint density at radius 1 is 1.40 bits per heavy atom. The Morgan fingerprint density at radius 3 is 2.70 bits per heavy atom. The Labute approximate surface area is 117 Å². The number of aromatic nitrogens is 3. The van der Waals surface area contributed by atoms with E-state index in [0.29, 0.717) is 12.3 Å². The van der Waals surface area contributed by atoms with Crippen LogP contribution in [0, 0.1) is 0 Å². The van der Waals surface area contributed by atoms with Crippen LogP contribution in [0.25, 0.3) is 0 Å². The second-order valence-corrected chi connectivity index (χ2v) is 5.07. The molecule has 8 heteroatoms. The first-order valence-electron chi connectivity index (χ1n) is 6.31. The molecule has 20 heavy (non-hydrogen) atoms. The molecule has 1 N–H and O–H groups in total. The minimum Gasteiger partial charge on any atom is -0.465 e. The van der Waals surface area contributed by atoms with Crippen molar-refractivity contribution < 1.29 is 19.1 Å². The van der Waals surface area contributed by atoms with Gasteiger partial charge in [-0.2, -0.15) is 0 Å². The lowest BCUT2D eigenvalue weighted by Gasteiger charge is -2.19. The molecule has 0 saturated carbocycles. The van der Waals surface area contributed by atoms with E-state index in [1.807, 2.05) is 0 Å². The molecule has 0 aliphatic heterocycles. The topological polar surface area (TPSA) is 95.3 Å². The highest BCUT2D eigenvalue weighted by Crippen LogP contribution is 2.06. The van der Waals surface area contributed by atoms with Crippen molar-refractivity contribution in [2.24, 2.45) is 0 Å². The quantitative estimate of drug-likeness (QED) is 0.806. The van der Waals surface area contributed by atoms with Gasteiger partial charge in [-0.25, -0.2) is 9.48 Å². The van der Waals surface area contributed by atoms with Crippen molar-refractivity contribution in [2.45, 2.75) is 46.4 Å². The molecular formula is C12H20N4O4. The zero-order valence-electron chi connectivity index (χ0n) is 12.2. The van der Waals surface area contributed by atoms with Gasteiger partial charge >= 0.3 is 12.1 Å². The van der Waals surface area contributed by atoms with Gasteiger partial charge in [0.25, 0.3) is 0 Å². The number of nitrogens with zero attached hydrogens (tertiary/aromatic N) is 3. The SMILES string of the molecule is CCOC(=O)Cn1cc(CNC(=O)OC(C)(C)C)nn1. The summed E-state index contributed by atoms with van der Waals surface area (Å²) in [6.07, 6.45) is 1.03. The lowest BCUT2D eigenvalue weighted by molar-refractivity contribution is -0.144. The van der Waals surface area contributed by atoms with E-state index in [2.05, 4.69) is 15.6 Å². The molecule has 0 aromatic carbocycles. The second kappa shape index (κ2) is 6.88. The van der Waals surface area contributed by atoms with Crippen molar-refractivity contribution in [3.05, 3.63) is 11.9 Å². The van der Waals surface area contributed by atoms with Crippen LogP contribution in [-0.4, -0.2) is 39.3 Å². The molecule has 1 aromatic heterocycles. The molecule has 0 bridgehead atoms. The number of esters is 1. The number of nitrogens with one attached hydrogen (secondary N) is 1. The summed E-state index contributed by atoms with van der Waals surface area (Å²) in [5, 5.41) is 10.2. The van der Waals surface area contributed by atoms with E-state index in [4.69, 9.17) is 9.47 Å². The highest BCUT2D eigenvalue weighted by molar-refractivity contribution is 5.69. The third-order valence-corrected chi connectivity index (χ3v) is 2.00. The first-order chi connectivity index (χ1) is 9.30. The van der Waals surface area contributed by atoms with Gasteiger partial charge in [0, 0.05) is 0 Å². The van der Waals surface area contributed by atoms with Crippen LogP contribution >= 0.6 is 0 Å². The Bertz CT molecular complexity index is 464. The van der Waals surface area contributed by atoms with E-state index < -0.39 is 11.7 Å². The van der Waals surface area contributed by atoms with E-state index in [-0.39, 0.29) is 19.1 Å². The van der Waals surface area contributed by atoms with Gasteiger partial charge in [-0.1, -0.05) is 5.21 Å². The van der Waals surface area contributed by atoms with Gasteiger partial charge in [-0.05, 0) is 27.7 Å². The van der Waals surface area contributed by atoms with Crippen molar-refractivity contribution in [2.75, 3.05) is 6.61 Å². The number of carbonyl (C=O) groups excluding carboxylic acids is 2. The van der Waals surface area contributed by atoms with Crippen molar-refractivity contribution in [1.82, 2.24) is 20.3 Å². The van der Waals surface area contributed by atoms with Crippen LogP contribution in [0.1, 0.15) is 33.4 Å².